The van der Waals surface area contributed by atoms with Gasteiger partial charge in [0.15, 0.2) is 0 Å². The van der Waals surface area contributed by atoms with Crippen LogP contribution in [0.1, 0.15) is 90.0 Å². The zero-order valence-corrected chi connectivity index (χ0v) is 67.5. The number of alkyl halides is 1. The molecule has 4 aliphatic heterocycles. The third kappa shape index (κ3) is 26.0. The van der Waals surface area contributed by atoms with Crippen LogP contribution in [0.25, 0.3) is 20.9 Å². The molecule has 43 nitrogen and oxygen atoms in total. The Morgan fingerprint density at radius 2 is 1.63 bits per heavy atom. The maximum atomic E-state index is 14.4. The van der Waals surface area contributed by atoms with E-state index in [4.69, 9.17) is 44.4 Å². The van der Waals surface area contributed by atoms with Crippen molar-refractivity contribution < 1.29 is 126 Å². The molecule has 0 aromatic carbocycles. The number of allylic oxidation sites excluding steroid dienone is 9. The van der Waals surface area contributed by atoms with E-state index in [1.165, 1.54) is 41.4 Å². The van der Waals surface area contributed by atoms with Gasteiger partial charge in [-0.2, -0.15) is 38.7 Å². The van der Waals surface area contributed by atoms with Crippen LogP contribution in [0, 0.1) is 28.6 Å². The van der Waals surface area contributed by atoms with Crippen LogP contribution in [0.15, 0.2) is 121 Å². The number of rotatable bonds is 42. The predicted molar refractivity (Wildman–Crippen MR) is 405 cm³/mol. The van der Waals surface area contributed by atoms with Crippen LogP contribution in [-0.2, 0) is 105 Å². The first-order valence-electron chi connectivity index (χ1n) is 35.0. The molecule has 2 fully saturated rings. The number of hydrogen-bond acceptors (Lipinski definition) is 30. The first-order chi connectivity index (χ1) is 53.7. The number of halogens is 1. The summed E-state index contributed by atoms with van der Waals surface area (Å²) in [6, 6.07) is -1.24. The summed E-state index contributed by atoms with van der Waals surface area (Å²) < 4.78 is 228. The summed E-state index contributed by atoms with van der Waals surface area (Å²) in [5.74, 6) is 1.13. The van der Waals surface area contributed by atoms with Crippen LogP contribution in [0.5, 0.6) is 0 Å². The van der Waals surface area contributed by atoms with Gasteiger partial charge in [-0.15, -0.1) is 0 Å². The van der Waals surface area contributed by atoms with Gasteiger partial charge >= 0.3 is 24.8 Å². The van der Waals surface area contributed by atoms with E-state index in [0.717, 1.165) is 0 Å². The number of ether oxygens (including phenoxy) is 5. The highest BCUT2D eigenvalue weighted by Gasteiger charge is 2.53. The molecule has 1 aromatic heterocycles. The summed E-state index contributed by atoms with van der Waals surface area (Å²) in [4.78, 5) is 77.3. The minimum Gasteiger partial charge on any atom is -0.459 e. The molecule has 3 amide bonds. The van der Waals surface area contributed by atoms with Gasteiger partial charge in [0.25, 0.3) is 58.9 Å². The van der Waals surface area contributed by atoms with Crippen LogP contribution in [0.2, 0.25) is 0 Å². The van der Waals surface area contributed by atoms with E-state index < -0.39 is 179 Å². The topological polar surface area (TPSA) is 629 Å². The summed E-state index contributed by atoms with van der Waals surface area (Å²) >= 11 is 0. The smallest absolute Gasteiger partial charge is 0.333 e. The van der Waals surface area contributed by atoms with Gasteiger partial charge in [-0.05, 0) is 89.3 Å². The van der Waals surface area contributed by atoms with E-state index in [9.17, 15) is 94.7 Å². The zero-order chi connectivity index (χ0) is 83.5. The summed E-state index contributed by atoms with van der Waals surface area (Å²) in [6.07, 6.45) is 15.3. The summed E-state index contributed by atoms with van der Waals surface area (Å²) in [6.45, 7) is 0.707. The number of azide groups is 2. The summed E-state index contributed by atoms with van der Waals surface area (Å²) in [7, 11) is -29.3. The molecule has 0 radical (unpaired) electrons. The van der Waals surface area contributed by atoms with Crippen molar-refractivity contribution in [3.05, 3.63) is 143 Å². The molecule has 0 bridgehead atoms. The van der Waals surface area contributed by atoms with Crippen LogP contribution in [0.3, 0.4) is 0 Å². The van der Waals surface area contributed by atoms with Crippen molar-refractivity contribution in [1.29, 1.82) is 0 Å². The standard InChI is InChI=1S/C63H87FN15O28P3S4/c1-62(2)44-33-42(113(94,95)96)18-20-46(44)77(26-30-111(88,89)90)50(62)15-6-4-7-16-51-63(3,45-34-43(114(97,98)99)19-21-47(45)78(51)27-31-112(91,92)93)22-9-5-8-17-52(80)69-24-25-70-57(82)39-12-10-14-41(32-39)103-61(74-76-67)101-29-28-100-38-53(81)68-23-11-13-40-36-79(56-55(40)58(83)72-60(65)71-56)54-35-48(105-59(64)73-75-66)49(104-54)37-102-109(86)107-110(87)106-108(84)85/h4,6-7,14-16,18-21,32,34,40,42,45,47-50,54,59,61,108-110H,5,8-10,12,17,22-31,33,35-38H2,1-3H3,(H,68,81)(H,69,80)(H,70,82)(H,84,85)(H,88,89,90)(H,91,92,93)(H,94,95,96)(H,97,98,99)(H3,65,71,72,83)/b7-4+,15-6+,51-16-/t40?,42?,45?,47?,48?,49-,50?,54?,59?,61?,63?/m1/s1. The number of hydrogen-bond donors (Lipinski definition) is 10. The number of aromatic amines is 1. The average molecular weight is 1740 g/mol. The minimum atomic E-state index is -4.72. The van der Waals surface area contributed by atoms with Gasteiger partial charge in [0.2, 0.25) is 23.7 Å². The second kappa shape index (κ2) is 40.8. The van der Waals surface area contributed by atoms with E-state index >= 15 is 0 Å². The van der Waals surface area contributed by atoms with Gasteiger partial charge < -0.3 is 69.5 Å². The highest BCUT2D eigenvalue weighted by Crippen LogP contribution is 2.55. The van der Waals surface area contributed by atoms with Crippen LogP contribution in [0.4, 0.5) is 16.2 Å². The Morgan fingerprint density at radius 1 is 0.912 bits per heavy atom. The van der Waals surface area contributed by atoms with Crippen molar-refractivity contribution >= 4 is 94.7 Å². The highest BCUT2D eigenvalue weighted by atomic mass is 32.2. The van der Waals surface area contributed by atoms with Crippen LogP contribution < -0.4 is 32.1 Å². The molecule has 0 spiro atoms. The number of carbonyl (C=O) groups excluding carboxylic acids is 3. The number of amides is 3. The fourth-order valence-corrected chi connectivity index (χ4v) is 18.3. The Hall–Kier alpha value is -7.93. The predicted octanol–water partition coefficient (Wildman–Crippen LogP) is 4.68. The van der Waals surface area contributed by atoms with Crippen molar-refractivity contribution in [2.75, 3.05) is 87.8 Å². The van der Waals surface area contributed by atoms with Crippen LogP contribution >= 0.6 is 24.8 Å². The minimum absolute atomic E-state index is 0.0108. The Bertz CT molecular complexity index is 4870. The normalized spacial score (nSPS) is 24.9. The lowest BCUT2D eigenvalue weighted by Gasteiger charge is -2.34. The lowest BCUT2D eigenvalue weighted by Crippen LogP contribution is -2.39. The molecule has 8 rings (SSSR count). The number of nitrogens with zero attached hydrogens (tertiary/aromatic N) is 10. The zero-order valence-electron chi connectivity index (χ0n) is 61.2. The number of nitrogen functional groups attached to an aromatic ring is 1. The molecule has 5 heterocycles. The number of carbonyl (C=O) groups is 3. The quantitative estimate of drug-likeness (QED) is 0.00406. The molecule has 628 valence electrons. The number of likely N-dealkylation sites (tertiary alicyclic amines) is 1. The molecule has 14 atom stereocenters. The van der Waals surface area contributed by atoms with Gasteiger partial charge in [0.1, 0.15) is 35.8 Å². The molecule has 7 aliphatic rings. The van der Waals surface area contributed by atoms with Crippen molar-refractivity contribution in [1.82, 2.24) is 35.7 Å². The monoisotopic (exact) mass is 1740 g/mol. The maximum Gasteiger partial charge on any atom is 0.333 e. The second-order valence-electron chi connectivity index (χ2n) is 27.1. The third-order valence-electron chi connectivity index (χ3n) is 19.2. The van der Waals surface area contributed by atoms with Crippen molar-refractivity contribution in [3.8, 4) is 11.8 Å². The van der Waals surface area contributed by atoms with Gasteiger partial charge in [0, 0.05) is 89.1 Å². The maximum absolute atomic E-state index is 14.4. The fourth-order valence-electron chi connectivity index (χ4n) is 14.0. The number of nitrogens with one attached hydrogen (secondary N) is 4. The molecule has 13 unspecified atom stereocenters. The highest BCUT2D eigenvalue weighted by molar-refractivity contribution is 7.90. The molecule has 1 aromatic rings. The number of anilines is 2. The molecule has 0 saturated carbocycles. The fraction of sp³-hybridized carbons (Fsp3) is 0.571. The van der Waals surface area contributed by atoms with Crippen molar-refractivity contribution in [3.63, 3.8) is 0 Å². The molecule has 51 heteroatoms. The van der Waals surface area contributed by atoms with E-state index in [-0.39, 0.29) is 106 Å². The summed E-state index contributed by atoms with van der Waals surface area (Å²) in [5.41, 5.74) is 23.4. The lowest BCUT2D eigenvalue weighted by molar-refractivity contribution is -0.132. The molecule has 11 N–H and O–H groups in total. The van der Waals surface area contributed by atoms with E-state index in [0.29, 0.717) is 61.1 Å². The SMILES string of the molecule is CC1(C)C2=C(C=CC(S(=O)(=O)O)C2)N(CCS(=O)(=O)O)C1/C=C/C=C/C=C1\N(CCS(=O)(=O)O)C2C=CC(S(=O)(=O)O)=CC2C1(C)CCCCCC(=O)NCCNC(=O)C1=CC(OC(N=[N+]=[N-])OCCOCC(=O)NCC#CC2CN(C3CC(OC(F)N=[N+]=[N-])[C@@H](CO[PH](=O)O[PH](=O)O[PH](=O)O)O3)c3nc(N)[nH]c(=O)c32)=CCC1. The first kappa shape index (κ1) is 91.6. The number of unbranched alkanes of at least 4 members (excludes halogenated alkanes) is 2. The Labute approximate surface area is 655 Å². The second-order valence-corrected chi connectivity index (χ2v) is 36.8. The number of nitrogens with two attached hydrogens (primary N) is 1. The van der Waals surface area contributed by atoms with Gasteiger partial charge in [-0.25, -0.2) is 13.0 Å². The lowest BCUT2D eigenvalue weighted by atomic mass is 9.70. The van der Waals surface area contributed by atoms with Gasteiger partial charge in [0.05, 0.1) is 72.4 Å². The third-order valence-corrected chi connectivity index (χ3v) is 25.7. The molecule has 3 aliphatic carbocycles. The average Bonchev–Trinajstić information content (AvgIpc) is 1.57. The number of H-pyrrole nitrogens is 1. The van der Waals surface area contributed by atoms with Crippen molar-refractivity contribution in [2.45, 2.75) is 133 Å². The largest absolute Gasteiger partial charge is 0.459 e. The van der Waals surface area contributed by atoms with Gasteiger partial charge in [-0.1, -0.05) is 88.0 Å². The van der Waals surface area contributed by atoms with Crippen LogP contribution in [-0.4, -0.2) is 220 Å². The van der Waals surface area contributed by atoms with E-state index in [2.05, 4.69) is 66.4 Å². The molecule has 114 heavy (non-hydrogen) atoms. The Kier molecular flexibility index (Phi) is 32.8. The Morgan fingerprint density at radius 3 is 2.32 bits per heavy atom. The first-order valence-corrected chi connectivity index (χ1v) is 44.9. The van der Waals surface area contributed by atoms with Gasteiger partial charge in [-0.3, -0.25) is 56.1 Å². The van der Waals surface area contributed by atoms with Crippen molar-refractivity contribution in [2.24, 2.45) is 27.0 Å². The molecular formula is C63H87FN15O28P3S4. The number of aromatic nitrogens is 2. The molecular weight excluding hydrogens is 1650 g/mol. The van der Waals surface area contributed by atoms with E-state index in [1.807, 2.05) is 20.8 Å². The molecule has 2 saturated heterocycles. The number of fused-ring (bicyclic) bond motifs is 2. The summed E-state index contributed by atoms with van der Waals surface area (Å²) in [5, 5.41) is 13.1. The van der Waals surface area contributed by atoms with E-state index in [1.54, 1.807) is 46.3 Å². The Balaban J connectivity index is 0.773.